The zero-order chi connectivity index (χ0) is 22.0. The van der Waals surface area contributed by atoms with Crippen molar-refractivity contribution in [3.05, 3.63) is 45.7 Å². The van der Waals surface area contributed by atoms with E-state index < -0.39 is 0 Å². The van der Waals surface area contributed by atoms with Crippen molar-refractivity contribution in [2.75, 3.05) is 44.4 Å². The third-order valence-electron chi connectivity index (χ3n) is 6.56. The van der Waals surface area contributed by atoms with E-state index in [1.807, 2.05) is 55.4 Å². The van der Waals surface area contributed by atoms with E-state index in [1.165, 1.54) is 0 Å². The molecule has 0 spiro atoms. The molecule has 0 saturated carbocycles. The van der Waals surface area contributed by atoms with E-state index in [4.69, 9.17) is 16.3 Å². The number of hydrogen-bond acceptors (Lipinski definition) is 5. The van der Waals surface area contributed by atoms with Crippen molar-refractivity contribution in [2.24, 2.45) is 0 Å². The maximum absolute atomic E-state index is 12.9. The fourth-order valence-corrected chi connectivity index (χ4v) is 6.17. The Bertz CT molecular complexity index is 949. The lowest BCUT2D eigenvalue weighted by Crippen LogP contribution is -2.59. The molecule has 2 fully saturated rings. The van der Waals surface area contributed by atoms with Crippen LogP contribution in [0.4, 0.5) is 0 Å². The molecule has 1 unspecified atom stereocenters. The second kappa shape index (κ2) is 9.53. The summed E-state index contributed by atoms with van der Waals surface area (Å²) >= 11 is 8.29. The second-order valence-corrected chi connectivity index (χ2v) is 10.1. The van der Waals surface area contributed by atoms with Gasteiger partial charge in [-0.2, -0.15) is 16.9 Å². The van der Waals surface area contributed by atoms with Crippen molar-refractivity contribution in [1.82, 2.24) is 20.0 Å². The summed E-state index contributed by atoms with van der Waals surface area (Å²) in [6.45, 7) is 10.1. The number of nitrogens with zero attached hydrogens (tertiary/aromatic N) is 3. The molecule has 1 aromatic heterocycles. The third-order valence-corrected chi connectivity index (χ3v) is 8.20. The van der Waals surface area contributed by atoms with Crippen molar-refractivity contribution >= 4 is 29.3 Å². The Morgan fingerprint density at radius 3 is 2.74 bits per heavy atom. The van der Waals surface area contributed by atoms with E-state index in [1.54, 1.807) is 0 Å². The molecule has 1 amide bonds. The van der Waals surface area contributed by atoms with Gasteiger partial charge in [0.25, 0.3) is 0 Å². The molecule has 168 valence electrons. The molecule has 1 aromatic carbocycles. The van der Waals surface area contributed by atoms with Crippen molar-refractivity contribution in [3.8, 4) is 5.69 Å². The number of rotatable bonds is 6. The fraction of sp³-hybridized carbons (Fsp3) is 0.565. The number of thioether (sulfide) groups is 1. The van der Waals surface area contributed by atoms with Crippen LogP contribution in [0.2, 0.25) is 5.02 Å². The molecular weight excluding hydrogens is 432 g/mol. The first-order chi connectivity index (χ1) is 14.9. The monoisotopic (exact) mass is 462 g/mol. The number of morpholine rings is 1. The topological polar surface area (TPSA) is 59.4 Å². The van der Waals surface area contributed by atoms with Gasteiger partial charge in [-0.3, -0.25) is 9.69 Å². The Hall–Kier alpha value is -1.54. The van der Waals surface area contributed by atoms with Crippen LogP contribution in [0.5, 0.6) is 0 Å². The van der Waals surface area contributed by atoms with E-state index in [-0.39, 0.29) is 11.4 Å². The fourth-order valence-electron chi connectivity index (χ4n) is 4.52. The number of hydrogen-bond donors (Lipinski definition) is 1. The molecule has 2 aromatic rings. The lowest BCUT2D eigenvalue weighted by Gasteiger charge is -2.43. The average Bonchev–Trinajstić information content (AvgIpc) is 3.36. The Kier molecular flexibility index (Phi) is 6.96. The quantitative estimate of drug-likeness (QED) is 0.713. The van der Waals surface area contributed by atoms with Gasteiger partial charge < -0.3 is 10.1 Å². The smallest absolute Gasteiger partial charge is 0.224 e. The molecule has 31 heavy (non-hydrogen) atoms. The van der Waals surface area contributed by atoms with Crippen LogP contribution >= 0.6 is 23.4 Å². The zero-order valence-electron chi connectivity index (χ0n) is 18.5. The first-order valence-corrected chi connectivity index (χ1v) is 12.4. The summed E-state index contributed by atoms with van der Waals surface area (Å²) in [5.41, 5.74) is 4.84. The van der Waals surface area contributed by atoms with Gasteiger partial charge in [0.2, 0.25) is 5.91 Å². The van der Waals surface area contributed by atoms with Gasteiger partial charge in [-0.25, -0.2) is 4.68 Å². The summed E-state index contributed by atoms with van der Waals surface area (Å²) in [6, 6.07) is 5.92. The molecule has 1 N–H and O–H groups in total. The number of aryl methyl sites for hydroxylation is 2. The van der Waals surface area contributed by atoms with Crippen LogP contribution in [0.25, 0.3) is 5.69 Å². The van der Waals surface area contributed by atoms with E-state index >= 15 is 0 Å². The van der Waals surface area contributed by atoms with E-state index in [0.717, 1.165) is 72.4 Å². The summed E-state index contributed by atoms with van der Waals surface area (Å²) in [5.74, 6) is 2.27. The summed E-state index contributed by atoms with van der Waals surface area (Å²) in [7, 11) is 0. The first-order valence-electron chi connectivity index (χ1n) is 10.9. The predicted molar refractivity (Wildman–Crippen MR) is 127 cm³/mol. The number of carbonyl (C=O) groups is 1. The van der Waals surface area contributed by atoms with Crippen LogP contribution in [0, 0.1) is 20.8 Å². The number of halogens is 1. The van der Waals surface area contributed by atoms with Gasteiger partial charge in [0.15, 0.2) is 0 Å². The highest BCUT2D eigenvalue weighted by molar-refractivity contribution is 7.99. The Balaban J connectivity index is 1.45. The van der Waals surface area contributed by atoms with Crippen LogP contribution in [0.1, 0.15) is 28.9 Å². The highest BCUT2D eigenvalue weighted by atomic mass is 35.5. The number of amides is 1. The molecular formula is C23H31ClN4O2S. The summed E-state index contributed by atoms with van der Waals surface area (Å²) in [5, 5.41) is 8.63. The minimum Gasteiger partial charge on any atom is -0.379 e. The van der Waals surface area contributed by atoms with Crippen molar-refractivity contribution in [2.45, 2.75) is 39.2 Å². The molecule has 2 aliphatic heterocycles. The number of aromatic nitrogens is 2. The predicted octanol–water partition coefficient (Wildman–Crippen LogP) is 3.32. The molecule has 2 aliphatic rings. The normalized spacial score (nSPS) is 22.1. The van der Waals surface area contributed by atoms with Gasteiger partial charge in [-0.1, -0.05) is 17.7 Å². The molecule has 0 radical (unpaired) electrons. The molecule has 8 heteroatoms. The van der Waals surface area contributed by atoms with Crippen LogP contribution in [0.15, 0.2) is 18.2 Å². The van der Waals surface area contributed by atoms with Crippen LogP contribution < -0.4 is 5.32 Å². The maximum atomic E-state index is 12.9. The molecule has 6 nitrogen and oxygen atoms in total. The van der Waals surface area contributed by atoms with Gasteiger partial charge >= 0.3 is 0 Å². The van der Waals surface area contributed by atoms with Crippen molar-refractivity contribution < 1.29 is 9.53 Å². The number of benzene rings is 1. The number of nitrogens with one attached hydrogen (secondary N) is 1. The zero-order valence-corrected chi connectivity index (χ0v) is 20.1. The van der Waals surface area contributed by atoms with Crippen molar-refractivity contribution in [3.63, 3.8) is 0 Å². The lowest BCUT2D eigenvalue weighted by molar-refractivity contribution is -0.121. The van der Waals surface area contributed by atoms with Crippen LogP contribution in [0.3, 0.4) is 0 Å². The van der Waals surface area contributed by atoms with Crippen molar-refractivity contribution in [1.29, 1.82) is 0 Å². The Morgan fingerprint density at radius 1 is 1.29 bits per heavy atom. The lowest BCUT2D eigenvalue weighted by atomic mass is 9.95. The first kappa shape index (κ1) is 22.6. The van der Waals surface area contributed by atoms with E-state index in [0.29, 0.717) is 18.0 Å². The van der Waals surface area contributed by atoms with Crippen LogP contribution in [-0.2, 0) is 16.0 Å². The second-order valence-electron chi connectivity index (χ2n) is 8.57. The highest BCUT2D eigenvalue weighted by Gasteiger charge is 2.40. The summed E-state index contributed by atoms with van der Waals surface area (Å²) < 4.78 is 7.42. The van der Waals surface area contributed by atoms with Gasteiger partial charge in [-0.05, 0) is 50.6 Å². The number of ether oxygens (including phenoxy) is 1. The molecule has 2 saturated heterocycles. The Morgan fingerprint density at radius 2 is 2.06 bits per heavy atom. The molecule has 4 rings (SSSR count). The van der Waals surface area contributed by atoms with Crippen LogP contribution in [-0.4, -0.2) is 70.5 Å². The minimum absolute atomic E-state index is 0.0526. The van der Waals surface area contributed by atoms with E-state index in [9.17, 15) is 4.79 Å². The highest BCUT2D eigenvalue weighted by Crippen LogP contribution is 2.33. The average molecular weight is 463 g/mol. The summed E-state index contributed by atoms with van der Waals surface area (Å²) in [6.07, 6.45) is 1.45. The van der Waals surface area contributed by atoms with Gasteiger partial charge in [0.1, 0.15) is 0 Å². The standard InChI is InChI=1S/C23H31ClN4O2S/c1-16-4-5-19(12-21(16)24)28-18(3)20(17(2)26-28)13-22(29)25-14-23(6-11-31-15-23)27-7-9-30-10-8-27/h4-5,12H,6-11,13-15H2,1-3H3,(H,25,29). The largest absolute Gasteiger partial charge is 0.379 e. The summed E-state index contributed by atoms with van der Waals surface area (Å²) in [4.78, 5) is 15.4. The maximum Gasteiger partial charge on any atom is 0.224 e. The number of carbonyl (C=O) groups excluding carboxylic acids is 1. The molecule has 3 heterocycles. The Labute approximate surface area is 193 Å². The van der Waals surface area contributed by atoms with Gasteiger partial charge in [0, 0.05) is 47.2 Å². The van der Waals surface area contributed by atoms with E-state index in [2.05, 4.69) is 15.3 Å². The molecule has 1 atom stereocenters. The van der Waals surface area contributed by atoms with Gasteiger partial charge in [0.05, 0.1) is 31.0 Å². The third kappa shape index (κ3) is 4.80. The SMILES string of the molecule is Cc1ccc(-n2nc(C)c(CC(=O)NCC3(N4CCOCC4)CCSC3)c2C)cc1Cl. The molecule has 0 aliphatic carbocycles. The van der Waals surface area contributed by atoms with Gasteiger partial charge in [-0.15, -0.1) is 0 Å². The molecule has 0 bridgehead atoms. The minimum atomic E-state index is 0.0526.